The Kier molecular flexibility index (Phi) is 6.76. The molecule has 0 aliphatic carbocycles. The van der Waals surface area contributed by atoms with Gasteiger partial charge in [0.1, 0.15) is 6.61 Å². The van der Waals surface area contributed by atoms with E-state index in [0.717, 1.165) is 0 Å². The number of rotatable bonds is 7. The van der Waals surface area contributed by atoms with Gasteiger partial charge in [-0.05, 0) is 26.0 Å². The van der Waals surface area contributed by atoms with E-state index >= 15 is 0 Å². The Labute approximate surface area is 118 Å². The van der Waals surface area contributed by atoms with Gasteiger partial charge in [0.2, 0.25) is 0 Å². The average molecular weight is 278 g/mol. The molecule has 0 unspecified atom stereocenters. The molecule has 0 saturated carbocycles. The fourth-order valence-corrected chi connectivity index (χ4v) is 1.47. The number of carbonyl (C=O) groups excluding carboxylic acids is 1. The maximum Gasteiger partial charge on any atom is 0.411 e. The zero-order valence-electron chi connectivity index (χ0n) is 11.6. The van der Waals surface area contributed by atoms with Gasteiger partial charge in [-0.2, -0.15) is 5.26 Å². The molecule has 0 aliphatic heterocycles. The van der Waals surface area contributed by atoms with E-state index in [0.29, 0.717) is 30.4 Å². The van der Waals surface area contributed by atoms with Crippen LogP contribution in [0.3, 0.4) is 0 Å². The summed E-state index contributed by atoms with van der Waals surface area (Å²) in [7, 11) is 0. The molecule has 20 heavy (non-hydrogen) atoms. The van der Waals surface area contributed by atoms with E-state index in [1.165, 1.54) is 0 Å². The van der Waals surface area contributed by atoms with Crippen LogP contribution < -0.4 is 14.8 Å². The normalized spacial score (nSPS) is 9.45. The summed E-state index contributed by atoms with van der Waals surface area (Å²) in [6.45, 7) is 4.84. The van der Waals surface area contributed by atoms with Crippen LogP contribution in [0.2, 0.25) is 0 Å². The van der Waals surface area contributed by atoms with E-state index < -0.39 is 6.09 Å². The Morgan fingerprint density at radius 3 is 2.60 bits per heavy atom. The van der Waals surface area contributed by atoms with Crippen LogP contribution in [-0.4, -0.2) is 25.9 Å². The first-order chi connectivity index (χ1) is 9.71. The Balaban J connectivity index is 2.68. The van der Waals surface area contributed by atoms with Crippen LogP contribution in [0.25, 0.3) is 0 Å². The number of nitrogens with one attached hydrogen (secondary N) is 1. The fourth-order valence-electron chi connectivity index (χ4n) is 1.47. The molecule has 6 heteroatoms. The Bertz CT molecular complexity index is 483. The number of anilines is 1. The highest BCUT2D eigenvalue weighted by atomic mass is 16.5. The lowest BCUT2D eigenvalue weighted by Gasteiger charge is -2.12. The molecule has 0 heterocycles. The summed E-state index contributed by atoms with van der Waals surface area (Å²) < 4.78 is 15.7. The minimum atomic E-state index is -0.605. The fraction of sp³-hybridized carbons (Fsp3) is 0.429. The molecule has 0 aromatic heterocycles. The highest BCUT2D eigenvalue weighted by molar-refractivity contribution is 5.85. The van der Waals surface area contributed by atoms with Crippen molar-refractivity contribution >= 4 is 11.8 Å². The van der Waals surface area contributed by atoms with E-state index in [1.54, 1.807) is 18.2 Å². The molecule has 6 nitrogen and oxygen atoms in total. The Morgan fingerprint density at radius 1 is 1.25 bits per heavy atom. The molecule has 0 aliphatic rings. The number of nitrogens with zero attached hydrogens (tertiary/aromatic N) is 1. The summed E-state index contributed by atoms with van der Waals surface area (Å²) in [6, 6.07) is 6.97. The van der Waals surface area contributed by atoms with E-state index in [1.807, 2.05) is 19.9 Å². The minimum absolute atomic E-state index is 0.0671. The van der Waals surface area contributed by atoms with Gasteiger partial charge in [-0.3, -0.25) is 5.32 Å². The average Bonchev–Trinajstić information content (AvgIpc) is 2.42. The standard InChI is InChI=1S/C14H18N2O4/c1-3-18-12-7-6-11(10-13(12)19-4-2)16-14(17)20-9-5-8-15/h6-7,10H,3-5,9H2,1-2H3,(H,16,17). The number of hydrogen-bond acceptors (Lipinski definition) is 5. The summed E-state index contributed by atoms with van der Waals surface area (Å²) >= 11 is 0. The lowest BCUT2D eigenvalue weighted by Crippen LogP contribution is -2.14. The number of carbonyl (C=O) groups is 1. The molecule has 0 spiro atoms. The van der Waals surface area contributed by atoms with E-state index in [-0.39, 0.29) is 13.0 Å². The van der Waals surface area contributed by atoms with Crippen LogP contribution >= 0.6 is 0 Å². The summed E-state index contributed by atoms with van der Waals surface area (Å²) in [4.78, 5) is 11.5. The first-order valence-corrected chi connectivity index (χ1v) is 6.41. The van der Waals surface area contributed by atoms with Gasteiger partial charge in [-0.15, -0.1) is 0 Å². The van der Waals surface area contributed by atoms with E-state index in [4.69, 9.17) is 19.5 Å². The van der Waals surface area contributed by atoms with Crippen molar-refractivity contribution in [3.63, 3.8) is 0 Å². The van der Waals surface area contributed by atoms with Crippen molar-refractivity contribution in [2.45, 2.75) is 20.3 Å². The van der Waals surface area contributed by atoms with Gasteiger partial charge >= 0.3 is 6.09 Å². The van der Waals surface area contributed by atoms with Gasteiger partial charge in [-0.25, -0.2) is 4.79 Å². The zero-order valence-corrected chi connectivity index (χ0v) is 11.6. The molecule has 1 N–H and O–H groups in total. The van der Waals surface area contributed by atoms with Gasteiger partial charge in [0, 0.05) is 11.8 Å². The molecule has 0 atom stereocenters. The maximum absolute atomic E-state index is 11.5. The SMILES string of the molecule is CCOc1ccc(NC(=O)OCCC#N)cc1OCC. The number of nitriles is 1. The number of amides is 1. The van der Waals surface area contributed by atoms with Crippen LogP contribution in [0, 0.1) is 11.3 Å². The maximum atomic E-state index is 11.5. The third kappa shape index (κ3) is 5.06. The van der Waals surface area contributed by atoms with Crippen LogP contribution in [0.15, 0.2) is 18.2 Å². The Morgan fingerprint density at radius 2 is 1.95 bits per heavy atom. The van der Waals surface area contributed by atoms with Gasteiger partial charge in [0.15, 0.2) is 11.5 Å². The number of hydrogen-bond donors (Lipinski definition) is 1. The molecule has 1 aromatic carbocycles. The van der Waals surface area contributed by atoms with Gasteiger partial charge in [0.05, 0.1) is 25.7 Å². The van der Waals surface area contributed by atoms with Crippen LogP contribution in [0.5, 0.6) is 11.5 Å². The summed E-state index contributed by atoms with van der Waals surface area (Å²) in [5.74, 6) is 1.18. The minimum Gasteiger partial charge on any atom is -0.490 e. The number of benzene rings is 1. The highest BCUT2D eigenvalue weighted by Crippen LogP contribution is 2.30. The highest BCUT2D eigenvalue weighted by Gasteiger charge is 2.08. The Hall–Kier alpha value is -2.42. The molecular formula is C14H18N2O4. The molecule has 1 amide bonds. The first-order valence-electron chi connectivity index (χ1n) is 6.41. The van der Waals surface area contributed by atoms with Crippen LogP contribution in [-0.2, 0) is 4.74 Å². The molecule has 1 rings (SSSR count). The number of ether oxygens (including phenoxy) is 3. The molecule has 1 aromatic rings. The van der Waals surface area contributed by atoms with Crippen LogP contribution in [0.1, 0.15) is 20.3 Å². The molecule has 0 radical (unpaired) electrons. The quantitative estimate of drug-likeness (QED) is 0.775. The van der Waals surface area contributed by atoms with Gasteiger partial charge in [0.25, 0.3) is 0 Å². The third-order valence-corrected chi connectivity index (χ3v) is 2.24. The second-order valence-corrected chi connectivity index (χ2v) is 3.70. The van der Waals surface area contributed by atoms with Gasteiger partial charge < -0.3 is 14.2 Å². The molecule has 0 saturated heterocycles. The van der Waals surface area contributed by atoms with Crippen molar-refractivity contribution in [2.75, 3.05) is 25.1 Å². The van der Waals surface area contributed by atoms with E-state index in [9.17, 15) is 4.79 Å². The summed E-state index contributed by atoms with van der Waals surface area (Å²) in [6.07, 6.45) is -0.437. The predicted octanol–water partition coefficient (Wildman–Crippen LogP) is 2.95. The van der Waals surface area contributed by atoms with Crippen molar-refractivity contribution in [1.82, 2.24) is 0 Å². The zero-order chi connectivity index (χ0) is 14.8. The summed E-state index contributed by atoms with van der Waals surface area (Å²) in [5, 5.41) is 10.9. The largest absolute Gasteiger partial charge is 0.490 e. The second kappa shape index (κ2) is 8.64. The van der Waals surface area contributed by atoms with Crippen molar-refractivity contribution in [2.24, 2.45) is 0 Å². The van der Waals surface area contributed by atoms with Crippen molar-refractivity contribution in [3.05, 3.63) is 18.2 Å². The molecule has 0 bridgehead atoms. The summed E-state index contributed by atoms with van der Waals surface area (Å²) in [5.41, 5.74) is 0.541. The smallest absolute Gasteiger partial charge is 0.411 e. The monoisotopic (exact) mass is 278 g/mol. The predicted molar refractivity (Wildman–Crippen MR) is 74.0 cm³/mol. The molecule has 0 fully saturated rings. The second-order valence-electron chi connectivity index (χ2n) is 3.70. The van der Waals surface area contributed by atoms with Crippen molar-refractivity contribution in [1.29, 1.82) is 5.26 Å². The van der Waals surface area contributed by atoms with Crippen molar-refractivity contribution < 1.29 is 19.0 Å². The lowest BCUT2D eigenvalue weighted by molar-refractivity contribution is 0.164. The third-order valence-electron chi connectivity index (χ3n) is 2.24. The first kappa shape index (κ1) is 15.6. The van der Waals surface area contributed by atoms with Crippen molar-refractivity contribution in [3.8, 4) is 17.6 Å². The van der Waals surface area contributed by atoms with E-state index in [2.05, 4.69) is 5.32 Å². The lowest BCUT2D eigenvalue weighted by atomic mass is 10.2. The van der Waals surface area contributed by atoms with Gasteiger partial charge in [-0.1, -0.05) is 0 Å². The van der Waals surface area contributed by atoms with Crippen LogP contribution in [0.4, 0.5) is 10.5 Å². The molecular weight excluding hydrogens is 260 g/mol. The molecule has 108 valence electrons. The topological polar surface area (TPSA) is 80.6 Å².